The Kier molecular flexibility index (Phi) is 4.82. The van der Waals surface area contributed by atoms with Gasteiger partial charge in [-0.3, -0.25) is 14.9 Å². The topological polar surface area (TPSA) is 102 Å². The maximum Gasteiger partial charge on any atom is 0.324 e. The van der Waals surface area contributed by atoms with Crippen LogP contribution in [0.15, 0.2) is 12.1 Å². The van der Waals surface area contributed by atoms with E-state index in [9.17, 15) is 14.9 Å². The van der Waals surface area contributed by atoms with Gasteiger partial charge < -0.3 is 15.2 Å². The van der Waals surface area contributed by atoms with Gasteiger partial charge in [0, 0.05) is 5.56 Å². The highest BCUT2D eigenvalue weighted by Crippen LogP contribution is 2.28. The third-order valence-corrected chi connectivity index (χ3v) is 2.74. The minimum absolute atomic E-state index is 0.0445. The molecule has 0 heterocycles. The van der Waals surface area contributed by atoms with Crippen LogP contribution in [-0.2, 0) is 4.79 Å². The average molecular weight is 268 g/mol. The molecule has 0 saturated carbocycles. The Morgan fingerprint density at radius 1 is 1.47 bits per heavy atom. The predicted octanol–water partition coefficient (Wildman–Crippen LogP) is 1.26. The van der Waals surface area contributed by atoms with Gasteiger partial charge in [0.15, 0.2) is 0 Å². The summed E-state index contributed by atoms with van der Waals surface area (Å²) in [6, 6.07) is 2.10. The van der Waals surface area contributed by atoms with Gasteiger partial charge in [-0.2, -0.15) is 0 Å². The van der Waals surface area contributed by atoms with Crippen molar-refractivity contribution in [2.45, 2.75) is 19.9 Å². The van der Waals surface area contributed by atoms with Crippen molar-refractivity contribution in [2.75, 3.05) is 13.7 Å². The molecule has 7 heteroatoms. The molecule has 19 heavy (non-hydrogen) atoms. The number of nitro groups is 1. The molecule has 0 aromatic heterocycles. The van der Waals surface area contributed by atoms with Gasteiger partial charge in [0.2, 0.25) is 0 Å². The van der Waals surface area contributed by atoms with Gasteiger partial charge in [0.25, 0.3) is 5.69 Å². The summed E-state index contributed by atoms with van der Waals surface area (Å²) in [5.74, 6) is -0.722. The first kappa shape index (κ1) is 14.9. The molecule has 1 atom stereocenters. The zero-order valence-electron chi connectivity index (χ0n) is 11.0. The highest BCUT2D eigenvalue weighted by atomic mass is 16.6. The largest absolute Gasteiger partial charge is 0.491 e. The van der Waals surface area contributed by atoms with E-state index in [-0.39, 0.29) is 12.3 Å². The summed E-state index contributed by atoms with van der Waals surface area (Å²) in [7, 11) is 1.51. The van der Waals surface area contributed by atoms with Crippen molar-refractivity contribution >= 4 is 11.7 Å². The molecule has 2 N–H and O–H groups in total. The Bertz CT molecular complexity index is 501. The van der Waals surface area contributed by atoms with Crippen LogP contribution in [0.1, 0.15) is 11.1 Å². The van der Waals surface area contributed by atoms with E-state index in [1.807, 2.05) is 0 Å². The number of carbonyl (C=O) groups is 1. The molecule has 0 saturated heterocycles. The Hall–Kier alpha value is -2.15. The molecule has 1 unspecified atom stereocenters. The Morgan fingerprint density at radius 3 is 2.58 bits per heavy atom. The summed E-state index contributed by atoms with van der Waals surface area (Å²) < 4.78 is 5.35. The molecule has 0 spiro atoms. The quantitative estimate of drug-likeness (QED) is 0.595. The van der Waals surface area contributed by atoms with E-state index in [2.05, 4.69) is 5.32 Å². The van der Waals surface area contributed by atoms with Crippen LogP contribution in [0.2, 0.25) is 0 Å². The van der Waals surface area contributed by atoms with E-state index < -0.39 is 16.9 Å². The van der Waals surface area contributed by atoms with E-state index in [4.69, 9.17) is 9.84 Å². The molecule has 0 amide bonds. The molecule has 1 aromatic carbocycles. The number of carboxylic acid groups (broad SMARTS) is 1. The Labute approximate surface area is 110 Å². The highest BCUT2D eigenvalue weighted by molar-refractivity contribution is 5.73. The second-order valence-corrected chi connectivity index (χ2v) is 4.15. The summed E-state index contributed by atoms with van der Waals surface area (Å²) in [6.45, 7) is 3.29. The van der Waals surface area contributed by atoms with Gasteiger partial charge in [0.05, 0.1) is 11.0 Å². The van der Waals surface area contributed by atoms with Crippen molar-refractivity contribution in [1.29, 1.82) is 0 Å². The number of rotatable bonds is 6. The third kappa shape index (κ3) is 3.65. The van der Waals surface area contributed by atoms with E-state index in [0.29, 0.717) is 11.3 Å². The minimum Gasteiger partial charge on any atom is -0.491 e. The standard InChI is InChI=1S/C12H16N2O5/c1-7-4-8(2)11(5-10(7)14(17)18)19-6-9(13-3)12(15)16/h4-5,9,13H,6H2,1-3H3,(H,15,16). The van der Waals surface area contributed by atoms with E-state index in [0.717, 1.165) is 5.56 Å². The number of carboxylic acids is 1. The first-order chi connectivity index (χ1) is 8.86. The second-order valence-electron chi connectivity index (χ2n) is 4.15. The van der Waals surface area contributed by atoms with E-state index in [1.54, 1.807) is 19.9 Å². The smallest absolute Gasteiger partial charge is 0.324 e. The first-order valence-electron chi connectivity index (χ1n) is 5.65. The van der Waals surface area contributed by atoms with Gasteiger partial charge in [-0.1, -0.05) is 0 Å². The van der Waals surface area contributed by atoms with Crippen LogP contribution in [-0.4, -0.2) is 35.7 Å². The lowest BCUT2D eigenvalue weighted by atomic mass is 10.1. The van der Waals surface area contributed by atoms with Gasteiger partial charge in [-0.25, -0.2) is 0 Å². The van der Waals surface area contributed by atoms with E-state index >= 15 is 0 Å². The number of nitro benzene ring substituents is 1. The van der Waals surface area contributed by atoms with Gasteiger partial charge in [-0.05, 0) is 32.5 Å². The lowest BCUT2D eigenvalue weighted by Gasteiger charge is -2.14. The normalized spacial score (nSPS) is 11.9. The molecule has 0 radical (unpaired) electrons. The van der Waals surface area contributed by atoms with Crippen molar-refractivity contribution in [2.24, 2.45) is 0 Å². The zero-order chi connectivity index (χ0) is 14.6. The van der Waals surface area contributed by atoms with Crippen LogP contribution in [0.25, 0.3) is 0 Å². The number of hydrogen-bond donors (Lipinski definition) is 2. The monoisotopic (exact) mass is 268 g/mol. The SMILES string of the molecule is CNC(COc1cc([N+](=O)[O-])c(C)cc1C)C(=O)O. The number of ether oxygens (including phenoxy) is 1. The van der Waals surface area contributed by atoms with E-state index in [1.165, 1.54) is 13.1 Å². The van der Waals surface area contributed by atoms with Crippen LogP contribution in [0.5, 0.6) is 5.75 Å². The minimum atomic E-state index is -1.04. The molecule has 1 aromatic rings. The predicted molar refractivity (Wildman–Crippen MR) is 68.5 cm³/mol. The Morgan fingerprint density at radius 2 is 2.11 bits per heavy atom. The fraction of sp³-hybridized carbons (Fsp3) is 0.417. The fourth-order valence-corrected chi connectivity index (χ4v) is 1.63. The zero-order valence-corrected chi connectivity index (χ0v) is 11.0. The number of nitrogens with one attached hydrogen (secondary N) is 1. The molecule has 7 nitrogen and oxygen atoms in total. The maximum atomic E-state index is 10.8. The second kappa shape index (κ2) is 6.14. The number of benzene rings is 1. The number of aryl methyl sites for hydroxylation is 2. The molecule has 0 aliphatic rings. The molecular weight excluding hydrogens is 252 g/mol. The molecule has 0 aliphatic carbocycles. The highest BCUT2D eigenvalue weighted by Gasteiger charge is 2.18. The van der Waals surface area contributed by atoms with Crippen molar-refractivity contribution < 1.29 is 19.6 Å². The van der Waals surface area contributed by atoms with Crippen molar-refractivity contribution in [3.8, 4) is 5.75 Å². The number of hydrogen-bond acceptors (Lipinski definition) is 5. The van der Waals surface area contributed by atoms with Gasteiger partial charge in [-0.15, -0.1) is 0 Å². The van der Waals surface area contributed by atoms with Gasteiger partial charge >= 0.3 is 5.97 Å². The third-order valence-electron chi connectivity index (χ3n) is 2.74. The molecule has 104 valence electrons. The number of nitrogens with zero attached hydrogens (tertiary/aromatic N) is 1. The summed E-state index contributed by atoms with van der Waals surface area (Å²) >= 11 is 0. The summed E-state index contributed by atoms with van der Waals surface area (Å²) in [6.07, 6.45) is 0. The molecule has 1 rings (SSSR count). The molecule has 0 bridgehead atoms. The number of likely N-dealkylation sites (N-methyl/N-ethyl adjacent to an activating group) is 1. The van der Waals surface area contributed by atoms with Crippen LogP contribution < -0.4 is 10.1 Å². The molecule has 0 fully saturated rings. The van der Waals surface area contributed by atoms with Crippen molar-refractivity contribution in [1.82, 2.24) is 5.32 Å². The fourth-order valence-electron chi connectivity index (χ4n) is 1.63. The first-order valence-corrected chi connectivity index (χ1v) is 5.65. The lowest BCUT2D eigenvalue weighted by molar-refractivity contribution is -0.385. The maximum absolute atomic E-state index is 10.8. The lowest BCUT2D eigenvalue weighted by Crippen LogP contribution is -2.39. The number of aliphatic carboxylic acids is 1. The molecule has 0 aliphatic heterocycles. The summed E-state index contributed by atoms with van der Waals surface area (Å²) in [5, 5.41) is 22.3. The van der Waals surface area contributed by atoms with Gasteiger partial charge in [0.1, 0.15) is 18.4 Å². The average Bonchev–Trinajstić information content (AvgIpc) is 2.31. The Balaban J connectivity index is 2.92. The molecular formula is C12H16N2O5. The van der Waals surface area contributed by atoms with Crippen LogP contribution in [0.4, 0.5) is 5.69 Å². The van der Waals surface area contributed by atoms with Crippen LogP contribution in [0, 0.1) is 24.0 Å². The van der Waals surface area contributed by atoms with Crippen LogP contribution in [0.3, 0.4) is 0 Å². The summed E-state index contributed by atoms with van der Waals surface area (Å²) in [5.41, 5.74) is 1.22. The van der Waals surface area contributed by atoms with Crippen molar-refractivity contribution in [3.05, 3.63) is 33.4 Å². The van der Waals surface area contributed by atoms with Crippen molar-refractivity contribution in [3.63, 3.8) is 0 Å². The van der Waals surface area contributed by atoms with Crippen LogP contribution >= 0.6 is 0 Å². The summed E-state index contributed by atoms with van der Waals surface area (Å²) in [4.78, 5) is 21.2.